The van der Waals surface area contributed by atoms with E-state index in [1.807, 2.05) is 37.3 Å². The van der Waals surface area contributed by atoms with Gasteiger partial charge in [0, 0.05) is 35.7 Å². The Hall–Kier alpha value is -2.62. The second-order valence-electron chi connectivity index (χ2n) is 4.90. The number of pyridine rings is 2. The molecule has 1 N–H and O–H groups in total. The van der Waals surface area contributed by atoms with E-state index < -0.39 is 0 Å². The number of ether oxygens (including phenoxy) is 1. The van der Waals surface area contributed by atoms with Crippen LogP contribution in [0, 0.1) is 6.92 Å². The molecule has 21 heavy (non-hydrogen) atoms. The van der Waals surface area contributed by atoms with Crippen molar-refractivity contribution >= 4 is 16.6 Å². The van der Waals surface area contributed by atoms with Crippen molar-refractivity contribution in [2.45, 2.75) is 13.5 Å². The fourth-order valence-electron chi connectivity index (χ4n) is 2.31. The van der Waals surface area contributed by atoms with E-state index in [0.717, 1.165) is 34.6 Å². The average molecular weight is 279 g/mol. The summed E-state index contributed by atoms with van der Waals surface area (Å²) in [6.45, 7) is 2.75. The highest BCUT2D eigenvalue weighted by molar-refractivity contribution is 5.92. The van der Waals surface area contributed by atoms with Gasteiger partial charge in [0.2, 0.25) is 0 Å². The zero-order valence-corrected chi connectivity index (χ0v) is 12.1. The summed E-state index contributed by atoms with van der Waals surface area (Å²) < 4.78 is 5.31. The van der Waals surface area contributed by atoms with Gasteiger partial charge in [0.1, 0.15) is 5.75 Å². The number of aryl methyl sites for hydroxylation is 1. The van der Waals surface area contributed by atoms with Crippen LogP contribution < -0.4 is 10.1 Å². The van der Waals surface area contributed by atoms with Crippen LogP contribution in [0.2, 0.25) is 0 Å². The van der Waals surface area contributed by atoms with Crippen molar-refractivity contribution < 1.29 is 4.74 Å². The van der Waals surface area contributed by atoms with Gasteiger partial charge in [-0.3, -0.25) is 9.97 Å². The summed E-state index contributed by atoms with van der Waals surface area (Å²) in [5.41, 5.74) is 4.21. The van der Waals surface area contributed by atoms with Crippen LogP contribution >= 0.6 is 0 Å². The van der Waals surface area contributed by atoms with Crippen LogP contribution in [0.15, 0.2) is 48.8 Å². The molecule has 0 radical (unpaired) electrons. The Morgan fingerprint density at radius 2 is 1.90 bits per heavy atom. The summed E-state index contributed by atoms with van der Waals surface area (Å²) in [7, 11) is 1.67. The lowest BCUT2D eigenvalue weighted by atomic mass is 10.1. The van der Waals surface area contributed by atoms with Crippen molar-refractivity contribution in [3.05, 3.63) is 60.0 Å². The molecule has 4 heteroatoms. The number of hydrogen-bond acceptors (Lipinski definition) is 4. The van der Waals surface area contributed by atoms with Gasteiger partial charge in [-0.05, 0) is 48.9 Å². The fraction of sp³-hybridized carbons (Fsp3) is 0.176. The van der Waals surface area contributed by atoms with Gasteiger partial charge in [-0.2, -0.15) is 0 Å². The van der Waals surface area contributed by atoms with E-state index in [9.17, 15) is 0 Å². The molecule has 0 aliphatic heterocycles. The molecule has 0 unspecified atom stereocenters. The number of methoxy groups -OCH3 is 1. The van der Waals surface area contributed by atoms with Crippen molar-refractivity contribution in [2.75, 3.05) is 12.4 Å². The van der Waals surface area contributed by atoms with Crippen LogP contribution in [-0.2, 0) is 6.54 Å². The third-order valence-corrected chi connectivity index (χ3v) is 3.38. The summed E-state index contributed by atoms with van der Waals surface area (Å²) in [4.78, 5) is 8.59. The molecule has 2 aromatic heterocycles. The van der Waals surface area contributed by atoms with Gasteiger partial charge in [0.25, 0.3) is 0 Å². The molecule has 0 saturated carbocycles. The molecule has 106 valence electrons. The monoisotopic (exact) mass is 279 g/mol. The second-order valence-corrected chi connectivity index (χ2v) is 4.90. The van der Waals surface area contributed by atoms with Crippen molar-refractivity contribution in [2.24, 2.45) is 0 Å². The maximum atomic E-state index is 5.31. The van der Waals surface area contributed by atoms with E-state index in [1.54, 1.807) is 19.5 Å². The minimum atomic E-state index is 0.748. The zero-order chi connectivity index (χ0) is 14.7. The quantitative estimate of drug-likeness (QED) is 0.793. The Morgan fingerprint density at radius 1 is 1.10 bits per heavy atom. The molecular formula is C17H17N3O. The Kier molecular flexibility index (Phi) is 3.69. The number of nitrogens with zero attached hydrogens (tertiary/aromatic N) is 2. The first-order valence-corrected chi connectivity index (χ1v) is 6.84. The Labute approximate surface area is 123 Å². The van der Waals surface area contributed by atoms with Gasteiger partial charge in [-0.15, -0.1) is 0 Å². The third kappa shape index (κ3) is 2.94. The molecule has 0 bridgehead atoms. The molecule has 0 spiro atoms. The number of rotatable bonds is 4. The van der Waals surface area contributed by atoms with Crippen LogP contribution in [0.25, 0.3) is 10.9 Å². The molecule has 0 aliphatic carbocycles. The van der Waals surface area contributed by atoms with Gasteiger partial charge in [-0.25, -0.2) is 0 Å². The van der Waals surface area contributed by atoms with E-state index >= 15 is 0 Å². The molecular weight excluding hydrogens is 262 g/mol. The Balaban J connectivity index is 1.96. The third-order valence-electron chi connectivity index (χ3n) is 3.38. The topological polar surface area (TPSA) is 47.0 Å². The molecule has 1 aromatic carbocycles. The first-order valence-electron chi connectivity index (χ1n) is 6.84. The smallest absolute Gasteiger partial charge is 0.119 e. The molecule has 0 aliphatic rings. The number of hydrogen-bond donors (Lipinski definition) is 1. The number of fused-ring (bicyclic) bond motifs is 1. The predicted octanol–water partition coefficient (Wildman–Crippen LogP) is 3.56. The van der Waals surface area contributed by atoms with Gasteiger partial charge in [0.05, 0.1) is 12.6 Å². The van der Waals surface area contributed by atoms with Crippen LogP contribution in [0.5, 0.6) is 5.75 Å². The van der Waals surface area contributed by atoms with E-state index in [2.05, 4.69) is 21.4 Å². The van der Waals surface area contributed by atoms with Crippen molar-refractivity contribution in [1.29, 1.82) is 0 Å². The Bertz CT molecular complexity index is 757. The highest BCUT2D eigenvalue weighted by Gasteiger charge is 2.05. The molecule has 3 rings (SSSR count). The normalized spacial score (nSPS) is 10.6. The van der Waals surface area contributed by atoms with E-state index in [4.69, 9.17) is 4.74 Å². The summed E-state index contributed by atoms with van der Waals surface area (Å²) in [5, 5.41) is 4.54. The molecule has 3 aromatic rings. The summed E-state index contributed by atoms with van der Waals surface area (Å²) >= 11 is 0. The maximum absolute atomic E-state index is 5.31. The van der Waals surface area contributed by atoms with Crippen LogP contribution in [-0.4, -0.2) is 17.1 Å². The summed E-state index contributed by atoms with van der Waals surface area (Å²) in [6.07, 6.45) is 3.60. The lowest BCUT2D eigenvalue weighted by Gasteiger charge is -2.12. The van der Waals surface area contributed by atoms with Gasteiger partial charge in [0.15, 0.2) is 0 Å². The molecule has 0 amide bonds. The standard InChI is InChI=1S/C17H17N3O/c1-12-9-17(19-11-13-5-7-18-8-6-13)15-10-14(21-2)3-4-16(15)20-12/h3-10H,11H2,1-2H3,(H,19,20). The van der Waals surface area contributed by atoms with Crippen molar-refractivity contribution in [1.82, 2.24) is 9.97 Å². The largest absolute Gasteiger partial charge is 0.497 e. The van der Waals surface area contributed by atoms with E-state index in [-0.39, 0.29) is 0 Å². The highest BCUT2D eigenvalue weighted by atomic mass is 16.5. The minimum Gasteiger partial charge on any atom is -0.497 e. The first-order chi connectivity index (χ1) is 10.3. The number of benzene rings is 1. The average Bonchev–Trinajstić information content (AvgIpc) is 2.53. The molecule has 0 saturated heterocycles. The van der Waals surface area contributed by atoms with Gasteiger partial charge < -0.3 is 10.1 Å². The summed E-state index contributed by atoms with van der Waals surface area (Å²) in [5.74, 6) is 0.833. The number of aromatic nitrogens is 2. The zero-order valence-electron chi connectivity index (χ0n) is 12.1. The molecule has 0 fully saturated rings. The highest BCUT2D eigenvalue weighted by Crippen LogP contribution is 2.27. The number of nitrogens with one attached hydrogen (secondary N) is 1. The van der Waals surface area contributed by atoms with Crippen LogP contribution in [0.3, 0.4) is 0 Å². The molecule has 2 heterocycles. The first kappa shape index (κ1) is 13.4. The molecule has 0 atom stereocenters. The van der Waals surface area contributed by atoms with E-state index in [0.29, 0.717) is 0 Å². The minimum absolute atomic E-state index is 0.748. The van der Waals surface area contributed by atoms with E-state index in [1.165, 1.54) is 5.56 Å². The SMILES string of the molecule is COc1ccc2nc(C)cc(NCc3ccncc3)c2c1. The van der Waals surface area contributed by atoms with Crippen LogP contribution in [0.4, 0.5) is 5.69 Å². The predicted molar refractivity (Wildman–Crippen MR) is 84.6 cm³/mol. The number of anilines is 1. The second kappa shape index (κ2) is 5.79. The van der Waals surface area contributed by atoms with Crippen LogP contribution in [0.1, 0.15) is 11.3 Å². The lowest BCUT2D eigenvalue weighted by Crippen LogP contribution is -2.01. The van der Waals surface area contributed by atoms with Crippen molar-refractivity contribution in [3.63, 3.8) is 0 Å². The lowest BCUT2D eigenvalue weighted by molar-refractivity contribution is 0.415. The fourth-order valence-corrected chi connectivity index (χ4v) is 2.31. The molecule has 4 nitrogen and oxygen atoms in total. The maximum Gasteiger partial charge on any atom is 0.119 e. The summed E-state index contributed by atoms with van der Waals surface area (Å²) in [6, 6.07) is 12.0. The Morgan fingerprint density at radius 3 is 2.67 bits per heavy atom. The van der Waals surface area contributed by atoms with Crippen molar-refractivity contribution in [3.8, 4) is 5.75 Å². The van der Waals surface area contributed by atoms with Gasteiger partial charge in [-0.1, -0.05) is 0 Å². The van der Waals surface area contributed by atoms with Gasteiger partial charge >= 0.3 is 0 Å².